The van der Waals surface area contributed by atoms with E-state index in [1.54, 1.807) is 6.07 Å². The highest BCUT2D eigenvalue weighted by Crippen LogP contribution is 2.48. The maximum absolute atomic E-state index is 12.2. The minimum absolute atomic E-state index is 0.122. The maximum atomic E-state index is 12.2. The number of ether oxygens (including phenoxy) is 1. The molecule has 2 N–H and O–H groups in total. The van der Waals surface area contributed by atoms with E-state index in [0.29, 0.717) is 21.7 Å². The molecule has 1 saturated carbocycles. The fraction of sp³-hybridized carbons (Fsp3) is 0.267. The Balaban J connectivity index is 1.60. The maximum Gasteiger partial charge on any atom is 0.258 e. The molecule has 1 heterocycles. The molecule has 0 spiro atoms. The third-order valence-corrected chi connectivity index (χ3v) is 4.04. The van der Waals surface area contributed by atoms with Gasteiger partial charge in [0.15, 0.2) is 0 Å². The molecule has 1 aromatic carbocycles. The highest BCUT2D eigenvalue weighted by atomic mass is 35.5. The van der Waals surface area contributed by atoms with Gasteiger partial charge in [0.25, 0.3) is 5.88 Å². The summed E-state index contributed by atoms with van der Waals surface area (Å²) in [5.41, 5.74) is 6.33. The van der Waals surface area contributed by atoms with Crippen LogP contribution in [-0.2, 0) is 4.79 Å². The number of nitrogens with one attached hydrogen (secondary N) is 2. The Hall–Kier alpha value is -2.05. The first-order valence-electron chi connectivity index (χ1n) is 6.95. The van der Waals surface area contributed by atoms with E-state index in [-0.39, 0.29) is 17.7 Å². The Morgan fingerprint density at radius 3 is 2.61 bits per heavy atom. The molecule has 2 aromatic rings. The lowest BCUT2D eigenvalue weighted by Gasteiger charge is -2.10. The summed E-state index contributed by atoms with van der Waals surface area (Å²) in [6.07, 6.45) is 3.76. The van der Waals surface area contributed by atoms with Gasteiger partial charge in [0.05, 0.1) is 7.11 Å². The topological polar surface area (TPSA) is 76.1 Å². The number of carbonyl (C=O) groups is 1. The molecule has 1 aromatic heterocycles. The number of rotatable bonds is 5. The summed E-state index contributed by atoms with van der Waals surface area (Å²) < 4.78 is 5.05. The van der Waals surface area contributed by atoms with Crippen LogP contribution in [0.5, 0.6) is 5.88 Å². The van der Waals surface area contributed by atoms with Crippen molar-refractivity contribution in [3.63, 3.8) is 0 Å². The van der Waals surface area contributed by atoms with Gasteiger partial charge in [-0.15, -0.1) is 0 Å². The van der Waals surface area contributed by atoms with Gasteiger partial charge in [-0.1, -0.05) is 23.2 Å². The van der Waals surface area contributed by atoms with Crippen LogP contribution in [0.2, 0.25) is 10.0 Å². The molecule has 1 aliphatic carbocycles. The zero-order valence-electron chi connectivity index (χ0n) is 12.2. The van der Waals surface area contributed by atoms with Gasteiger partial charge < -0.3 is 4.74 Å². The van der Waals surface area contributed by atoms with Crippen LogP contribution in [0, 0.1) is 5.92 Å². The molecule has 0 saturated heterocycles. The summed E-state index contributed by atoms with van der Waals surface area (Å²) >= 11 is 12.0. The quantitative estimate of drug-likeness (QED) is 0.808. The molecule has 6 nitrogen and oxygen atoms in total. The van der Waals surface area contributed by atoms with Crippen LogP contribution in [0.3, 0.4) is 0 Å². The number of hydrogen-bond acceptors (Lipinski definition) is 5. The second-order valence-electron chi connectivity index (χ2n) is 5.18. The van der Waals surface area contributed by atoms with Gasteiger partial charge in [0, 0.05) is 28.4 Å². The molecular formula is C15H14Cl2N4O2. The standard InChI is InChI=1S/C15H14Cl2N4O2/c1-23-15-13(18-2-3-19-15)20-21-14(22)12-7-11(12)8-4-9(16)6-10(17)5-8/h2-6,11-12H,7H2,1H3,(H,18,20)(H,21,22). The normalized spacial score (nSPS) is 19.1. The summed E-state index contributed by atoms with van der Waals surface area (Å²) in [7, 11) is 1.48. The molecule has 120 valence electrons. The van der Waals surface area contributed by atoms with E-state index in [0.717, 1.165) is 12.0 Å². The Morgan fingerprint density at radius 1 is 1.22 bits per heavy atom. The fourth-order valence-electron chi connectivity index (χ4n) is 2.42. The Bertz CT molecular complexity index is 721. The first-order valence-corrected chi connectivity index (χ1v) is 7.71. The van der Waals surface area contributed by atoms with Crippen molar-refractivity contribution >= 4 is 34.9 Å². The second-order valence-corrected chi connectivity index (χ2v) is 6.05. The molecule has 2 unspecified atom stereocenters. The van der Waals surface area contributed by atoms with Crippen molar-refractivity contribution in [2.75, 3.05) is 12.5 Å². The van der Waals surface area contributed by atoms with Crippen LogP contribution in [0.15, 0.2) is 30.6 Å². The lowest BCUT2D eigenvalue weighted by atomic mass is 10.1. The van der Waals surface area contributed by atoms with Crippen molar-refractivity contribution in [3.05, 3.63) is 46.2 Å². The zero-order chi connectivity index (χ0) is 16.4. The fourth-order valence-corrected chi connectivity index (χ4v) is 2.96. The lowest BCUT2D eigenvalue weighted by Crippen LogP contribution is -2.31. The number of halogens is 2. The highest BCUT2D eigenvalue weighted by Gasteiger charge is 2.44. The van der Waals surface area contributed by atoms with Crippen LogP contribution < -0.4 is 15.6 Å². The summed E-state index contributed by atoms with van der Waals surface area (Å²) in [5, 5.41) is 1.14. The Kier molecular flexibility index (Phi) is 4.54. The van der Waals surface area contributed by atoms with Crippen LogP contribution in [0.4, 0.5) is 5.82 Å². The molecule has 1 fully saturated rings. The average Bonchev–Trinajstić information content (AvgIpc) is 3.32. The molecular weight excluding hydrogens is 339 g/mol. The smallest absolute Gasteiger partial charge is 0.258 e. The average molecular weight is 353 g/mol. The van der Waals surface area contributed by atoms with E-state index >= 15 is 0 Å². The molecule has 0 aliphatic heterocycles. The molecule has 8 heteroatoms. The Labute approximate surface area is 143 Å². The first kappa shape index (κ1) is 15.8. The van der Waals surface area contributed by atoms with Crippen molar-refractivity contribution in [2.24, 2.45) is 5.92 Å². The summed E-state index contributed by atoms with van der Waals surface area (Å²) in [6.45, 7) is 0. The van der Waals surface area contributed by atoms with Gasteiger partial charge in [-0.05, 0) is 36.1 Å². The van der Waals surface area contributed by atoms with E-state index in [1.807, 2.05) is 12.1 Å². The predicted octanol–water partition coefficient (Wildman–Crippen LogP) is 3.04. The predicted molar refractivity (Wildman–Crippen MR) is 87.7 cm³/mol. The third-order valence-electron chi connectivity index (χ3n) is 3.60. The monoisotopic (exact) mass is 352 g/mol. The summed E-state index contributed by atoms with van der Waals surface area (Å²) in [5.74, 6) is 0.531. The zero-order valence-corrected chi connectivity index (χ0v) is 13.7. The molecule has 0 radical (unpaired) electrons. The van der Waals surface area contributed by atoms with E-state index in [4.69, 9.17) is 27.9 Å². The molecule has 1 aliphatic rings. The SMILES string of the molecule is COc1nccnc1NNC(=O)C1CC1c1cc(Cl)cc(Cl)c1. The summed E-state index contributed by atoms with van der Waals surface area (Å²) in [6, 6.07) is 5.35. The molecule has 23 heavy (non-hydrogen) atoms. The summed E-state index contributed by atoms with van der Waals surface area (Å²) in [4.78, 5) is 20.2. The first-order chi connectivity index (χ1) is 11.1. The van der Waals surface area contributed by atoms with E-state index in [1.165, 1.54) is 19.5 Å². The number of hydrogen-bond donors (Lipinski definition) is 2. The highest BCUT2D eigenvalue weighted by molar-refractivity contribution is 6.34. The minimum atomic E-state index is -0.126. The van der Waals surface area contributed by atoms with Crippen molar-refractivity contribution in [3.8, 4) is 5.88 Å². The van der Waals surface area contributed by atoms with E-state index in [2.05, 4.69) is 20.8 Å². The van der Waals surface area contributed by atoms with E-state index < -0.39 is 0 Å². The van der Waals surface area contributed by atoms with Crippen LogP contribution in [0.1, 0.15) is 17.9 Å². The number of anilines is 1. The number of hydrazine groups is 1. The van der Waals surface area contributed by atoms with Gasteiger partial charge in [0.2, 0.25) is 11.7 Å². The van der Waals surface area contributed by atoms with Crippen LogP contribution in [-0.4, -0.2) is 23.0 Å². The van der Waals surface area contributed by atoms with Gasteiger partial charge in [-0.3, -0.25) is 15.6 Å². The number of nitrogens with zero attached hydrogens (tertiary/aromatic N) is 2. The number of aromatic nitrogens is 2. The van der Waals surface area contributed by atoms with Crippen molar-refractivity contribution in [1.82, 2.24) is 15.4 Å². The van der Waals surface area contributed by atoms with Gasteiger partial charge in [-0.25, -0.2) is 9.97 Å². The number of benzene rings is 1. The minimum Gasteiger partial charge on any atom is -0.478 e. The van der Waals surface area contributed by atoms with Gasteiger partial charge >= 0.3 is 0 Å². The van der Waals surface area contributed by atoms with Crippen LogP contribution >= 0.6 is 23.2 Å². The van der Waals surface area contributed by atoms with E-state index in [9.17, 15) is 4.79 Å². The van der Waals surface area contributed by atoms with Gasteiger partial charge in [-0.2, -0.15) is 0 Å². The van der Waals surface area contributed by atoms with Crippen molar-refractivity contribution in [1.29, 1.82) is 0 Å². The largest absolute Gasteiger partial charge is 0.478 e. The Morgan fingerprint density at radius 2 is 1.91 bits per heavy atom. The molecule has 2 atom stereocenters. The number of amides is 1. The second kappa shape index (κ2) is 6.60. The van der Waals surface area contributed by atoms with Gasteiger partial charge in [0.1, 0.15) is 0 Å². The molecule has 1 amide bonds. The molecule has 0 bridgehead atoms. The third kappa shape index (κ3) is 3.65. The van der Waals surface area contributed by atoms with Crippen molar-refractivity contribution in [2.45, 2.75) is 12.3 Å². The molecule has 3 rings (SSSR count). The number of methoxy groups -OCH3 is 1. The van der Waals surface area contributed by atoms with Crippen LogP contribution in [0.25, 0.3) is 0 Å². The van der Waals surface area contributed by atoms with Crippen molar-refractivity contribution < 1.29 is 9.53 Å². The lowest BCUT2D eigenvalue weighted by molar-refractivity contribution is -0.121. The number of carbonyl (C=O) groups excluding carboxylic acids is 1.